The number of carbonyl (C=O) groups excluding carboxylic acids is 4. The van der Waals surface area contributed by atoms with Gasteiger partial charge in [-0.25, -0.2) is 0 Å². The number of anilines is 2. The minimum atomic E-state index is -0.516. The Morgan fingerprint density at radius 1 is 0.905 bits per heavy atom. The first kappa shape index (κ1) is 28.7. The molecule has 5 rings (SSSR count). The summed E-state index contributed by atoms with van der Waals surface area (Å²) in [4.78, 5) is 56.0. The van der Waals surface area contributed by atoms with Gasteiger partial charge in [0.05, 0.1) is 12.0 Å². The molecule has 2 aliphatic heterocycles. The van der Waals surface area contributed by atoms with Crippen LogP contribution in [0.15, 0.2) is 83.8 Å². The lowest BCUT2D eigenvalue weighted by Gasteiger charge is -2.36. The molecular formula is C31H30N4O6S. The Kier molecular flexibility index (Phi) is 9.08. The maximum atomic E-state index is 13.1. The van der Waals surface area contributed by atoms with Crippen LogP contribution in [0.2, 0.25) is 0 Å². The number of benzene rings is 3. The number of rotatable bonds is 9. The van der Waals surface area contributed by atoms with E-state index in [9.17, 15) is 19.2 Å². The zero-order chi connectivity index (χ0) is 29.5. The lowest BCUT2D eigenvalue weighted by molar-refractivity contribution is -0.136. The molecule has 0 saturated carbocycles. The van der Waals surface area contributed by atoms with Gasteiger partial charge in [0.1, 0.15) is 6.54 Å². The summed E-state index contributed by atoms with van der Waals surface area (Å²) < 4.78 is 11.1. The van der Waals surface area contributed by atoms with Gasteiger partial charge in [0.2, 0.25) is 5.91 Å². The SMILES string of the molecule is COc1cc(/C=C2\SC(=O)N(CC(=O)N3CCN(c4ccccc4)CC3)C2=O)ccc1OCC(=O)Nc1ccccc1. The van der Waals surface area contributed by atoms with Crippen LogP contribution in [0.1, 0.15) is 5.56 Å². The van der Waals surface area contributed by atoms with E-state index in [0.29, 0.717) is 48.9 Å². The minimum absolute atomic E-state index is 0.208. The normalized spacial score (nSPS) is 16.1. The molecule has 0 bridgehead atoms. The number of thioether (sulfide) groups is 1. The molecule has 0 atom stereocenters. The molecule has 1 N–H and O–H groups in total. The molecule has 216 valence electrons. The summed E-state index contributed by atoms with van der Waals surface area (Å²) in [5.74, 6) is -0.387. The van der Waals surface area contributed by atoms with Crippen LogP contribution in [-0.2, 0) is 14.4 Å². The molecule has 0 spiro atoms. The van der Waals surface area contributed by atoms with E-state index in [2.05, 4.69) is 10.2 Å². The van der Waals surface area contributed by atoms with Gasteiger partial charge >= 0.3 is 0 Å². The number of ether oxygens (including phenoxy) is 2. The number of nitrogens with one attached hydrogen (secondary N) is 1. The Labute approximate surface area is 247 Å². The lowest BCUT2D eigenvalue weighted by Crippen LogP contribution is -2.51. The van der Waals surface area contributed by atoms with Crippen molar-refractivity contribution >= 4 is 52.2 Å². The van der Waals surface area contributed by atoms with Gasteiger partial charge in [0, 0.05) is 37.6 Å². The molecule has 2 aliphatic rings. The highest BCUT2D eigenvalue weighted by Crippen LogP contribution is 2.34. The van der Waals surface area contributed by atoms with Gasteiger partial charge in [-0.2, -0.15) is 0 Å². The predicted octanol–water partition coefficient (Wildman–Crippen LogP) is 4.10. The first-order valence-corrected chi connectivity index (χ1v) is 14.2. The van der Waals surface area contributed by atoms with E-state index in [1.54, 1.807) is 41.3 Å². The van der Waals surface area contributed by atoms with E-state index >= 15 is 0 Å². The van der Waals surface area contributed by atoms with Gasteiger partial charge in [-0.3, -0.25) is 24.1 Å². The van der Waals surface area contributed by atoms with Crippen molar-refractivity contribution in [1.82, 2.24) is 9.80 Å². The second-order valence-electron chi connectivity index (χ2n) is 9.58. The van der Waals surface area contributed by atoms with Crippen LogP contribution in [0.3, 0.4) is 0 Å². The van der Waals surface area contributed by atoms with Crippen molar-refractivity contribution in [3.63, 3.8) is 0 Å². The fourth-order valence-electron chi connectivity index (χ4n) is 4.63. The van der Waals surface area contributed by atoms with E-state index < -0.39 is 11.1 Å². The van der Waals surface area contributed by atoms with Gasteiger partial charge in [0.25, 0.3) is 17.1 Å². The lowest BCUT2D eigenvalue weighted by atomic mass is 10.2. The Bertz CT molecular complexity index is 1490. The van der Waals surface area contributed by atoms with Crippen molar-refractivity contribution in [1.29, 1.82) is 0 Å². The minimum Gasteiger partial charge on any atom is -0.493 e. The zero-order valence-corrected chi connectivity index (χ0v) is 23.8. The number of nitrogens with zero attached hydrogens (tertiary/aromatic N) is 3. The maximum absolute atomic E-state index is 13.1. The number of methoxy groups -OCH3 is 1. The van der Waals surface area contributed by atoms with E-state index in [1.807, 2.05) is 48.5 Å². The molecule has 0 aliphatic carbocycles. The zero-order valence-electron chi connectivity index (χ0n) is 23.0. The molecule has 2 saturated heterocycles. The number of hydrogen-bond donors (Lipinski definition) is 1. The van der Waals surface area contributed by atoms with Gasteiger partial charge in [0.15, 0.2) is 18.1 Å². The van der Waals surface area contributed by atoms with Crippen molar-refractivity contribution in [2.75, 3.05) is 56.7 Å². The first-order chi connectivity index (χ1) is 20.4. The van der Waals surface area contributed by atoms with E-state index in [0.717, 1.165) is 22.3 Å². The molecule has 0 unspecified atom stereocenters. The average molecular weight is 587 g/mol. The number of hydrogen-bond acceptors (Lipinski definition) is 8. The molecule has 0 radical (unpaired) electrons. The first-order valence-electron chi connectivity index (χ1n) is 13.4. The molecule has 42 heavy (non-hydrogen) atoms. The molecule has 10 nitrogen and oxygen atoms in total. The van der Waals surface area contributed by atoms with Gasteiger partial charge in [-0.15, -0.1) is 0 Å². The Hall–Kier alpha value is -4.77. The molecule has 3 aromatic carbocycles. The molecule has 3 aromatic rings. The number of piperazine rings is 1. The Morgan fingerprint density at radius 2 is 1.60 bits per heavy atom. The van der Waals surface area contributed by atoms with Crippen LogP contribution < -0.4 is 19.7 Å². The Balaban J connectivity index is 1.16. The molecule has 2 heterocycles. The smallest absolute Gasteiger partial charge is 0.294 e. The summed E-state index contributed by atoms with van der Waals surface area (Å²) in [6, 6.07) is 24.0. The van der Waals surface area contributed by atoms with E-state index in [1.165, 1.54) is 7.11 Å². The summed E-state index contributed by atoms with van der Waals surface area (Å²) in [6.45, 7) is 1.87. The van der Waals surface area contributed by atoms with Gasteiger partial charge in [-0.05, 0) is 59.8 Å². The van der Waals surface area contributed by atoms with E-state index in [-0.39, 0.29) is 29.9 Å². The van der Waals surface area contributed by atoms with Crippen molar-refractivity contribution in [2.45, 2.75) is 0 Å². The highest BCUT2D eigenvalue weighted by molar-refractivity contribution is 8.18. The van der Waals surface area contributed by atoms with Crippen LogP contribution >= 0.6 is 11.8 Å². The summed E-state index contributed by atoms with van der Waals surface area (Å²) in [6.07, 6.45) is 1.57. The summed E-state index contributed by atoms with van der Waals surface area (Å²) in [5, 5.41) is 2.26. The summed E-state index contributed by atoms with van der Waals surface area (Å²) in [5.41, 5.74) is 2.36. The largest absolute Gasteiger partial charge is 0.493 e. The second kappa shape index (κ2) is 13.3. The number of para-hydroxylation sites is 2. The third kappa shape index (κ3) is 6.92. The maximum Gasteiger partial charge on any atom is 0.294 e. The number of carbonyl (C=O) groups is 4. The van der Waals surface area contributed by atoms with Crippen LogP contribution in [0.5, 0.6) is 11.5 Å². The van der Waals surface area contributed by atoms with Crippen molar-refractivity contribution in [2.24, 2.45) is 0 Å². The molecule has 4 amide bonds. The second-order valence-corrected chi connectivity index (χ2v) is 10.6. The van der Waals surface area contributed by atoms with Crippen LogP contribution in [0.4, 0.5) is 16.2 Å². The fraction of sp³-hybridized carbons (Fsp3) is 0.226. The monoisotopic (exact) mass is 586 g/mol. The summed E-state index contributed by atoms with van der Waals surface area (Å²) >= 11 is 0.790. The van der Waals surface area contributed by atoms with Crippen LogP contribution in [0, 0.1) is 0 Å². The third-order valence-corrected chi connectivity index (χ3v) is 7.73. The van der Waals surface area contributed by atoms with Crippen molar-refractivity contribution < 1.29 is 28.7 Å². The molecule has 11 heteroatoms. The van der Waals surface area contributed by atoms with E-state index in [4.69, 9.17) is 9.47 Å². The molecular weight excluding hydrogens is 556 g/mol. The van der Waals surface area contributed by atoms with Crippen LogP contribution in [-0.4, -0.2) is 79.2 Å². The third-order valence-electron chi connectivity index (χ3n) is 6.82. The highest BCUT2D eigenvalue weighted by atomic mass is 32.2. The van der Waals surface area contributed by atoms with Gasteiger partial charge < -0.3 is 24.6 Å². The molecule has 2 fully saturated rings. The number of amides is 4. The average Bonchev–Trinajstić information content (AvgIpc) is 3.28. The quantitative estimate of drug-likeness (QED) is 0.374. The standard InChI is InChI=1S/C31H30N4O6S/c1-40-26-18-22(12-13-25(26)41-21-28(36)32-23-8-4-2-5-9-23)19-27-30(38)35(31(39)42-27)20-29(37)34-16-14-33(15-17-34)24-10-6-3-7-11-24/h2-13,18-19H,14-17,20-21H2,1H3,(H,32,36)/b27-19-. The number of imide groups is 1. The fourth-order valence-corrected chi connectivity index (χ4v) is 5.47. The summed E-state index contributed by atoms with van der Waals surface area (Å²) in [7, 11) is 1.47. The van der Waals surface area contributed by atoms with Crippen LogP contribution in [0.25, 0.3) is 6.08 Å². The van der Waals surface area contributed by atoms with Gasteiger partial charge in [-0.1, -0.05) is 42.5 Å². The highest BCUT2D eigenvalue weighted by Gasteiger charge is 2.37. The Morgan fingerprint density at radius 3 is 2.29 bits per heavy atom. The topological polar surface area (TPSA) is 108 Å². The van der Waals surface area contributed by atoms with Crippen molar-refractivity contribution in [3.8, 4) is 11.5 Å². The predicted molar refractivity (Wildman–Crippen MR) is 161 cm³/mol. The van der Waals surface area contributed by atoms with Crippen molar-refractivity contribution in [3.05, 3.63) is 89.3 Å². The molecule has 0 aromatic heterocycles.